The van der Waals surface area contributed by atoms with Crippen LogP contribution >= 0.6 is 0 Å². The van der Waals surface area contributed by atoms with Gasteiger partial charge in [0.25, 0.3) is 0 Å². The Hall–Kier alpha value is -3.46. The van der Waals surface area contributed by atoms with Gasteiger partial charge in [-0.1, -0.05) is 0 Å². The summed E-state index contributed by atoms with van der Waals surface area (Å²) >= 11 is 0. The number of ether oxygens (including phenoxy) is 3. The number of halogens is 4. The van der Waals surface area contributed by atoms with E-state index >= 15 is 4.39 Å². The number of carbonyl (C=O) groups excluding carboxylic acids is 1. The lowest BCUT2D eigenvalue weighted by Gasteiger charge is -2.61. The SMILES string of the molecule is O=C(NC12CC(C1)C2)O[C@H]1CO[C@@H](c2cc(Nc3nccc4nc(COC(F)(F)F)cn34)n[nH]2)[C@@H]1F. The quantitative estimate of drug-likeness (QED) is 0.413. The highest BCUT2D eigenvalue weighted by Crippen LogP contribution is 2.57. The molecule has 11 nitrogen and oxygen atoms in total. The summed E-state index contributed by atoms with van der Waals surface area (Å²) in [6, 6.07) is 3.02. The minimum atomic E-state index is -4.78. The smallest absolute Gasteiger partial charge is 0.441 e. The van der Waals surface area contributed by atoms with Gasteiger partial charge in [-0.25, -0.2) is 19.2 Å². The molecule has 0 unspecified atom stereocenters. The number of carbonyl (C=O) groups is 1. The van der Waals surface area contributed by atoms with Crippen molar-refractivity contribution in [2.24, 2.45) is 5.92 Å². The second-order valence-electron chi connectivity index (χ2n) is 9.32. The number of H-pyrrole nitrogens is 1. The number of rotatable bonds is 7. The summed E-state index contributed by atoms with van der Waals surface area (Å²) in [4.78, 5) is 20.4. The van der Waals surface area contributed by atoms with E-state index in [1.54, 1.807) is 0 Å². The summed E-state index contributed by atoms with van der Waals surface area (Å²) < 4.78 is 68.1. The molecular formula is C21H21F4N7O4. The number of nitrogens with one attached hydrogen (secondary N) is 3. The molecule has 0 spiro atoms. The molecule has 15 heteroatoms. The maximum atomic E-state index is 15.0. The highest BCUT2D eigenvalue weighted by Gasteiger charge is 2.58. The molecule has 192 valence electrons. The van der Waals surface area contributed by atoms with E-state index in [1.807, 2.05) is 0 Å². The summed E-state index contributed by atoms with van der Waals surface area (Å²) in [5.41, 5.74) is 0.529. The number of aromatic amines is 1. The maximum absolute atomic E-state index is 15.0. The Balaban J connectivity index is 1.09. The van der Waals surface area contributed by atoms with Gasteiger partial charge in [0.05, 0.1) is 24.6 Å². The van der Waals surface area contributed by atoms with Crippen LogP contribution in [0.3, 0.4) is 0 Å². The first-order valence-corrected chi connectivity index (χ1v) is 11.3. The molecular weight excluding hydrogens is 490 g/mol. The van der Waals surface area contributed by atoms with Crippen LogP contribution in [-0.2, 0) is 20.8 Å². The van der Waals surface area contributed by atoms with E-state index in [9.17, 15) is 18.0 Å². The molecule has 3 N–H and O–H groups in total. The average molecular weight is 511 g/mol. The number of imidazole rings is 1. The van der Waals surface area contributed by atoms with Gasteiger partial charge in [0.2, 0.25) is 5.95 Å². The first-order chi connectivity index (χ1) is 17.2. The second-order valence-corrected chi connectivity index (χ2v) is 9.32. The third-order valence-corrected chi connectivity index (χ3v) is 6.71. The van der Waals surface area contributed by atoms with Gasteiger partial charge in [-0.15, -0.1) is 13.2 Å². The van der Waals surface area contributed by atoms with E-state index in [1.165, 1.54) is 28.9 Å². The molecule has 2 bridgehead atoms. The predicted molar refractivity (Wildman–Crippen MR) is 113 cm³/mol. The summed E-state index contributed by atoms with van der Waals surface area (Å²) in [5.74, 6) is 1.16. The first kappa shape index (κ1) is 23.0. The zero-order chi connectivity index (χ0) is 25.1. The van der Waals surface area contributed by atoms with E-state index in [-0.39, 0.29) is 29.6 Å². The number of alkyl halides is 4. The highest BCUT2D eigenvalue weighted by atomic mass is 19.4. The van der Waals surface area contributed by atoms with E-state index in [0.717, 1.165) is 19.3 Å². The van der Waals surface area contributed by atoms with Crippen LogP contribution in [0.5, 0.6) is 0 Å². The van der Waals surface area contributed by atoms with Crippen molar-refractivity contribution in [1.29, 1.82) is 0 Å². The fourth-order valence-electron chi connectivity index (χ4n) is 4.90. The van der Waals surface area contributed by atoms with Crippen molar-refractivity contribution >= 4 is 23.5 Å². The van der Waals surface area contributed by atoms with Crippen molar-refractivity contribution in [3.05, 3.63) is 35.9 Å². The molecule has 1 amide bonds. The van der Waals surface area contributed by atoms with Crippen molar-refractivity contribution in [2.45, 2.75) is 56.2 Å². The first-order valence-electron chi connectivity index (χ1n) is 11.3. The number of amides is 1. The van der Waals surface area contributed by atoms with E-state index in [2.05, 4.69) is 35.5 Å². The van der Waals surface area contributed by atoms with Crippen molar-refractivity contribution in [3.63, 3.8) is 0 Å². The molecule has 1 saturated heterocycles. The lowest BCUT2D eigenvalue weighted by molar-refractivity contribution is -0.330. The van der Waals surface area contributed by atoms with Gasteiger partial charge in [0.15, 0.2) is 18.1 Å². The molecule has 3 aromatic heterocycles. The number of hydrogen-bond acceptors (Lipinski definition) is 8. The molecule has 7 rings (SSSR count). The number of nitrogens with zero attached hydrogens (tertiary/aromatic N) is 4. The van der Waals surface area contributed by atoms with Crippen molar-refractivity contribution in [3.8, 4) is 0 Å². The monoisotopic (exact) mass is 511 g/mol. The lowest BCUT2D eigenvalue weighted by atomic mass is 9.50. The minimum Gasteiger partial charge on any atom is -0.441 e. The van der Waals surface area contributed by atoms with Gasteiger partial charge in [-0.3, -0.25) is 14.2 Å². The Labute approximate surface area is 200 Å². The number of alkyl carbamates (subject to hydrolysis) is 1. The van der Waals surface area contributed by atoms with Crippen molar-refractivity contribution in [1.82, 2.24) is 29.9 Å². The molecule has 0 radical (unpaired) electrons. The van der Waals surface area contributed by atoms with Crippen LogP contribution in [-0.4, -0.2) is 61.4 Å². The molecule has 1 aliphatic heterocycles. The standard InChI is InChI=1S/C21H21F4N7O4/c22-16-13(36-19(33)29-20-4-10(5-20)6-20)9-34-17(16)12-3-14(31-30-12)28-18-26-2-1-15-27-11(7-32(15)18)8-35-21(23,24)25/h1-3,7,10,13,16-17H,4-6,8-9H2,(H,29,33)(H2,26,28,30,31)/t10?,13-,16+,17-,20?/m0/s1. The van der Waals surface area contributed by atoms with Gasteiger partial charge in [0.1, 0.15) is 11.8 Å². The zero-order valence-corrected chi connectivity index (χ0v) is 18.6. The Morgan fingerprint density at radius 2 is 2.14 bits per heavy atom. The van der Waals surface area contributed by atoms with Crippen molar-refractivity contribution in [2.75, 3.05) is 11.9 Å². The highest BCUT2D eigenvalue weighted by molar-refractivity contribution is 5.69. The Morgan fingerprint density at radius 3 is 2.86 bits per heavy atom. The molecule has 4 fully saturated rings. The normalized spacial score (nSPS) is 29.0. The third kappa shape index (κ3) is 4.32. The van der Waals surface area contributed by atoms with E-state index in [0.29, 0.717) is 17.3 Å². The molecule has 3 saturated carbocycles. The molecule has 4 aliphatic rings. The molecule has 3 aliphatic carbocycles. The fraction of sp³-hybridized carbons (Fsp3) is 0.524. The summed E-state index contributed by atoms with van der Waals surface area (Å²) in [7, 11) is 0. The molecule has 4 heterocycles. The van der Waals surface area contributed by atoms with Gasteiger partial charge in [0, 0.05) is 24.0 Å². The Morgan fingerprint density at radius 1 is 1.33 bits per heavy atom. The van der Waals surface area contributed by atoms with Crippen LogP contribution in [0.2, 0.25) is 0 Å². The zero-order valence-electron chi connectivity index (χ0n) is 18.6. The van der Waals surface area contributed by atoms with E-state index in [4.69, 9.17) is 9.47 Å². The van der Waals surface area contributed by atoms with Gasteiger partial charge < -0.3 is 20.1 Å². The molecule has 3 atom stereocenters. The topological polar surface area (TPSA) is 128 Å². The number of anilines is 2. The lowest BCUT2D eigenvalue weighted by Crippen LogP contribution is -2.68. The van der Waals surface area contributed by atoms with Crippen LogP contribution in [0, 0.1) is 5.92 Å². The number of aromatic nitrogens is 5. The second kappa shape index (κ2) is 8.30. The predicted octanol–water partition coefficient (Wildman–Crippen LogP) is 3.29. The van der Waals surface area contributed by atoms with Crippen LogP contribution in [0.25, 0.3) is 5.65 Å². The maximum Gasteiger partial charge on any atom is 0.522 e. The van der Waals surface area contributed by atoms with Crippen LogP contribution < -0.4 is 10.6 Å². The van der Waals surface area contributed by atoms with Gasteiger partial charge >= 0.3 is 12.5 Å². The average Bonchev–Trinajstić information content (AvgIpc) is 3.48. The van der Waals surface area contributed by atoms with Gasteiger partial charge in [-0.2, -0.15) is 5.10 Å². The fourth-order valence-corrected chi connectivity index (χ4v) is 4.90. The largest absolute Gasteiger partial charge is 0.522 e. The number of hydrogen-bond donors (Lipinski definition) is 3. The summed E-state index contributed by atoms with van der Waals surface area (Å²) in [6.45, 7) is -0.855. The Bertz CT molecular complexity index is 1280. The minimum absolute atomic E-state index is 0.0508. The summed E-state index contributed by atoms with van der Waals surface area (Å²) in [5, 5.41) is 12.5. The number of fused-ring (bicyclic) bond motifs is 1. The molecule has 3 aromatic rings. The van der Waals surface area contributed by atoms with Crippen molar-refractivity contribution < 1.29 is 36.6 Å². The summed E-state index contributed by atoms with van der Waals surface area (Å²) in [6.07, 6.45) is -3.50. The third-order valence-electron chi connectivity index (χ3n) is 6.71. The van der Waals surface area contributed by atoms with Crippen LogP contribution in [0.4, 0.5) is 34.1 Å². The molecule has 36 heavy (non-hydrogen) atoms. The van der Waals surface area contributed by atoms with Crippen LogP contribution in [0.15, 0.2) is 24.5 Å². The molecule has 0 aromatic carbocycles. The van der Waals surface area contributed by atoms with Crippen LogP contribution in [0.1, 0.15) is 36.8 Å². The Kier molecular flexibility index (Phi) is 5.29. The van der Waals surface area contributed by atoms with Gasteiger partial charge in [-0.05, 0) is 31.2 Å². The van der Waals surface area contributed by atoms with E-state index < -0.39 is 37.4 Å².